The normalized spacial score (nSPS) is 17.8. The van der Waals surface area contributed by atoms with Crippen LogP contribution in [0.4, 0.5) is 14.4 Å². The summed E-state index contributed by atoms with van der Waals surface area (Å²) in [5, 5.41) is 8.23. The molecule has 1 saturated carbocycles. The highest BCUT2D eigenvalue weighted by Gasteiger charge is 2.43. The second kappa shape index (κ2) is 28.5. The molecule has 0 atom stereocenters. The van der Waals surface area contributed by atoms with E-state index in [1.54, 1.807) is 0 Å². The first-order valence-corrected chi connectivity index (χ1v) is 25.2. The van der Waals surface area contributed by atoms with Gasteiger partial charge in [0.25, 0.3) is 0 Å². The number of rotatable bonds is 30. The molecule has 0 aromatic heterocycles. The van der Waals surface area contributed by atoms with E-state index in [0.717, 1.165) is 0 Å². The van der Waals surface area contributed by atoms with E-state index in [2.05, 4.69) is 16.0 Å². The molecule has 0 aliphatic heterocycles. The van der Waals surface area contributed by atoms with Crippen LogP contribution in [-0.4, -0.2) is 142 Å². The van der Waals surface area contributed by atoms with Crippen molar-refractivity contribution in [3.8, 4) is 0 Å². The van der Waals surface area contributed by atoms with E-state index in [9.17, 15) is 14.4 Å². The zero-order chi connectivity index (χ0) is 40.3. The van der Waals surface area contributed by atoms with Gasteiger partial charge >= 0.3 is 44.7 Å². The monoisotopic (exact) mass is 831 g/mol. The number of nitrogens with one attached hydrogen (secondary N) is 3. The number of alkyl carbamates (subject to hydrolysis) is 3. The highest BCUT2D eigenvalue weighted by Crippen LogP contribution is 2.34. The van der Waals surface area contributed by atoms with Crippen LogP contribution in [0.15, 0.2) is 0 Å². The van der Waals surface area contributed by atoms with Gasteiger partial charge in [-0.05, 0) is 99.3 Å². The minimum absolute atomic E-state index is 0.0588. The van der Waals surface area contributed by atoms with Gasteiger partial charge in [0, 0.05) is 59.5 Å². The van der Waals surface area contributed by atoms with E-state index in [1.165, 1.54) is 0 Å². The molecule has 3 N–H and O–H groups in total. The molecule has 1 aliphatic carbocycles. The Morgan fingerprint density at radius 2 is 0.574 bits per heavy atom. The Balaban J connectivity index is 2.95. The van der Waals surface area contributed by atoms with E-state index in [4.69, 9.17) is 54.0 Å². The van der Waals surface area contributed by atoms with Gasteiger partial charge in [0.05, 0.1) is 38.3 Å². The van der Waals surface area contributed by atoms with Crippen LogP contribution in [0.25, 0.3) is 0 Å². The minimum Gasteiger partial charge on any atom is -0.449 e. The number of hydrogen-bond acceptors (Lipinski definition) is 15. The van der Waals surface area contributed by atoms with Gasteiger partial charge < -0.3 is 70.0 Å². The first kappa shape index (κ1) is 50.1. The molecule has 54 heavy (non-hydrogen) atoms. The molecule has 318 valence electrons. The van der Waals surface area contributed by atoms with Crippen LogP contribution in [0.5, 0.6) is 0 Å². The maximum atomic E-state index is 12.8. The molecule has 21 heteroatoms. The SMILES string of the molecule is CCO[Si](CNC(=O)OCC1CC(COC(=O)NC[Si](OCC)(OCC)OCC)CC(COC(=O)NC[Si](OCC)(OCC)OCC)C1)(OCC)OCC. The molecule has 0 heterocycles. The molecule has 0 spiro atoms. The summed E-state index contributed by atoms with van der Waals surface area (Å²) in [5.74, 6) is -0.310. The van der Waals surface area contributed by atoms with E-state index in [0.29, 0.717) is 78.7 Å². The summed E-state index contributed by atoms with van der Waals surface area (Å²) in [5.41, 5.74) is 0. The second-order valence-corrected chi connectivity index (χ2v) is 19.9. The van der Waals surface area contributed by atoms with Gasteiger partial charge in [-0.15, -0.1) is 0 Å². The Bertz CT molecular complexity index is 858. The lowest BCUT2D eigenvalue weighted by atomic mass is 9.76. The van der Waals surface area contributed by atoms with Gasteiger partial charge in [-0.25, -0.2) is 14.4 Å². The number of hydrogen-bond donors (Lipinski definition) is 3. The maximum absolute atomic E-state index is 12.8. The molecule has 1 aliphatic rings. The Hall–Kier alpha value is -1.90. The fourth-order valence-electron chi connectivity index (χ4n) is 6.20. The average Bonchev–Trinajstić information content (AvgIpc) is 3.14. The van der Waals surface area contributed by atoms with Crippen molar-refractivity contribution in [1.82, 2.24) is 16.0 Å². The van der Waals surface area contributed by atoms with Crippen molar-refractivity contribution in [1.29, 1.82) is 0 Å². The smallest absolute Gasteiger partial charge is 0.449 e. The quantitative estimate of drug-likeness (QED) is 0.0694. The van der Waals surface area contributed by atoms with Crippen molar-refractivity contribution in [3.05, 3.63) is 0 Å². The molecule has 0 aromatic rings. The predicted molar refractivity (Wildman–Crippen MR) is 204 cm³/mol. The third kappa shape index (κ3) is 19.3. The highest BCUT2D eigenvalue weighted by atomic mass is 28.4. The number of carbonyl (C=O) groups excluding carboxylic acids is 3. The van der Waals surface area contributed by atoms with Crippen molar-refractivity contribution in [2.45, 2.75) is 81.6 Å². The summed E-state index contributed by atoms with van der Waals surface area (Å²) in [6, 6.07) is 0. The molecule has 18 nitrogen and oxygen atoms in total. The first-order valence-electron chi connectivity index (χ1n) is 19.4. The summed E-state index contributed by atoms with van der Waals surface area (Å²) in [6.07, 6.45) is 0.111. The first-order chi connectivity index (χ1) is 26.0. The van der Waals surface area contributed by atoms with Crippen LogP contribution in [0.2, 0.25) is 0 Å². The maximum Gasteiger partial charge on any atom is 0.521 e. The highest BCUT2D eigenvalue weighted by molar-refractivity contribution is 6.62. The summed E-state index contributed by atoms with van der Waals surface area (Å²) in [6.45, 7) is 20.2. The van der Waals surface area contributed by atoms with Crippen LogP contribution in [0, 0.1) is 17.8 Å². The molecule has 0 bridgehead atoms. The van der Waals surface area contributed by atoms with Gasteiger partial charge in [0.1, 0.15) is 0 Å². The van der Waals surface area contributed by atoms with Crippen molar-refractivity contribution in [2.75, 3.05) is 97.8 Å². The van der Waals surface area contributed by atoms with Gasteiger partial charge in [-0.3, -0.25) is 0 Å². The Kier molecular flexibility index (Phi) is 26.4. The van der Waals surface area contributed by atoms with Crippen molar-refractivity contribution < 1.29 is 68.4 Å². The van der Waals surface area contributed by atoms with E-state index < -0.39 is 44.7 Å². The minimum atomic E-state index is -3.12. The van der Waals surface area contributed by atoms with Crippen molar-refractivity contribution in [2.24, 2.45) is 17.8 Å². The lowest BCUT2D eigenvalue weighted by Gasteiger charge is -2.34. The van der Waals surface area contributed by atoms with Crippen LogP contribution in [0.3, 0.4) is 0 Å². The van der Waals surface area contributed by atoms with E-state index >= 15 is 0 Å². The fourth-order valence-corrected chi connectivity index (χ4v) is 12.9. The molecule has 0 saturated heterocycles. The zero-order valence-electron chi connectivity index (χ0n) is 34.1. The zero-order valence-corrected chi connectivity index (χ0v) is 37.1. The third-order valence-corrected chi connectivity index (χ3v) is 16.4. The van der Waals surface area contributed by atoms with Crippen LogP contribution in [-0.2, 0) is 54.0 Å². The number of ether oxygens (including phenoxy) is 3. The standard InChI is InChI=1S/C33H69N3O15Si3/c1-10-43-52(44-11-2,45-12-3)25-34-31(37)40-22-28-19-29(23-41-32(38)35-26-53(46-13-4,47-14-5)48-15-6)21-30(20-28)24-42-33(39)36-27-54(49-16-7,50-17-8)51-18-9/h28-30H,10-27H2,1-9H3,(H,34,37)(H,35,38)(H,36,39). The molecule has 0 unspecified atom stereocenters. The Morgan fingerprint density at radius 3 is 0.741 bits per heavy atom. The van der Waals surface area contributed by atoms with E-state index in [1.807, 2.05) is 62.3 Å². The van der Waals surface area contributed by atoms with Crippen molar-refractivity contribution >= 4 is 44.7 Å². The van der Waals surface area contributed by atoms with Crippen molar-refractivity contribution in [3.63, 3.8) is 0 Å². The van der Waals surface area contributed by atoms with Gasteiger partial charge in [-0.1, -0.05) is 0 Å². The Labute approximate surface area is 325 Å². The molecular weight excluding hydrogens is 763 g/mol. The Morgan fingerprint density at radius 1 is 0.389 bits per heavy atom. The lowest BCUT2D eigenvalue weighted by Crippen LogP contribution is -2.55. The molecule has 1 fully saturated rings. The average molecular weight is 832 g/mol. The summed E-state index contributed by atoms with van der Waals surface area (Å²) >= 11 is 0. The number of carbonyl (C=O) groups is 3. The van der Waals surface area contributed by atoms with Gasteiger partial charge in [0.15, 0.2) is 0 Å². The largest absolute Gasteiger partial charge is 0.521 e. The predicted octanol–water partition coefficient (Wildman–Crippen LogP) is 3.96. The lowest BCUT2D eigenvalue weighted by molar-refractivity contribution is 0.0375. The van der Waals surface area contributed by atoms with Crippen LogP contribution < -0.4 is 16.0 Å². The number of amides is 3. The fraction of sp³-hybridized carbons (Fsp3) is 0.909. The molecular formula is C33H69N3O15Si3. The van der Waals surface area contributed by atoms with Crippen LogP contribution in [0.1, 0.15) is 81.6 Å². The summed E-state index contributed by atoms with van der Waals surface area (Å²) < 4.78 is 69.2. The molecule has 1 rings (SSSR count). The molecule has 0 radical (unpaired) electrons. The summed E-state index contributed by atoms with van der Waals surface area (Å²) in [7, 11) is -9.36. The van der Waals surface area contributed by atoms with E-state index in [-0.39, 0.29) is 56.1 Å². The van der Waals surface area contributed by atoms with Gasteiger partial charge in [-0.2, -0.15) is 0 Å². The van der Waals surface area contributed by atoms with Gasteiger partial charge in [0.2, 0.25) is 0 Å². The summed E-state index contributed by atoms with van der Waals surface area (Å²) in [4.78, 5) is 38.5. The van der Waals surface area contributed by atoms with Crippen LogP contribution >= 0.6 is 0 Å². The molecule has 0 aromatic carbocycles. The third-order valence-electron chi connectivity index (χ3n) is 7.98. The second-order valence-electron chi connectivity index (χ2n) is 12.1. The molecule has 3 amide bonds. The topological polar surface area (TPSA) is 198 Å².